The number of hydrogen-bond acceptors (Lipinski definition) is 6. The lowest BCUT2D eigenvalue weighted by molar-refractivity contribution is 0.324. The van der Waals surface area contributed by atoms with Gasteiger partial charge in [0.2, 0.25) is 5.75 Å². The van der Waals surface area contributed by atoms with Crippen LogP contribution in [0.15, 0.2) is 36.7 Å². The molecule has 0 bridgehead atoms. The van der Waals surface area contributed by atoms with Gasteiger partial charge in [-0.05, 0) is 55.0 Å². The molecule has 0 atom stereocenters. The summed E-state index contributed by atoms with van der Waals surface area (Å²) in [5.74, 6) is 2.71. The minimum absolute atomic E-state index is 0. The third-order valence-corrected chi connectivity index (χ3v) is 4.76. The Balaban J connectivity index is 0.00000320. The van der Waals surface area contributed by atoms with Gasteiger partial charge < -0.3 is 24.3 Å². The summed E-state index contributed by atoms with van der Waals surface area (Å²) in [7, 11) is 4.85. The molecule has 6 nitrogen and oxygen atoms in total. The van der Waals surface area contributed by atoms with Gasteiger partial charge in [0.05, 0.1) is 33.6 Å². The maximum Gasteiger partial charge on any atom is 0.203 e. The summed E-state index contributed by atoms with van der Waals surface area (Å²) in [5.41, 5.74) is 3.14. The highest BCUT2D eigenvalue weighted by Crippen LogP contribution is 2.40. The third-order valence-electron chi connectivity index (χ3n) is 4.76. The van der Waals surface area contributed by atoms with Crippen molar-refractivity contribution in [1.82, 2.24) is 4.98 Å². The molecule has 0 fully saturated rings. The number of rotatable bonds is 9. The molecule has 2 aromatic carbocycles. The number of nitrogens with one attached hydrogen (secondary N) is 1. The fourth-order valence-electron chi connectivity index (χ4n) is 3.52. The number of nitrogens with zero attached hydrogens (tertiary/aromatic N) is 1. The average molecular weight is 413 g/mol. The van der Waals surface area contributed by atoms with Crippen LogP contribution in [0, 0.1) is 0 Å². The Morgan fingerprint density at radius 2 is 1.57 bits per heavy atom. The van der Waals surface area contributed by atoms with E-state index in [0.29, 0.717) is 30.3 Å². The predicted molar refractivity (Wildman–Crippen MR) is 123 cm³/mol. The van der Waals surface area contributed by atoms with Crippen molar-refractivity contribution >= 4 is 16.5 Å². The van der Waals surface area contributed by atoms with Crippen molar-refractivity contribution in [2.45, 2.75) is 27.7 Å². The minimum Gasteiger partial charge on any atom is -0.493 e. The van der Waals surface area contributed by atoms with Gasteiger partial charge in [0.1, 0.15) is 5.75 Å². The van der Waals surface area contributed by atoms with Gasteiger partial charge in [0, 0.05) is 24.3 Å². The van der Waals surface area contributed by atoms with Crippen LogP contribution >= 0.6 is 0 Å². The molecule has 0 aliphatic carbocycles. The Labute approximate surface area is 179 Å². The van der Waals surface area contributed by atoms with Gasteiger partial charge in [-0.15, -0.1) is 0 Å². The van der Waals surface area contributed by atoms with Gasteiger partial charge in [0.25, 0.3) is 0 Å². The number of aromatic nitrogens is 1. The normalized spacial score (nSPS) is 10.3. The molecule has 1 aromatic heterocycles. The van der Waals surface area contributed by atoms with Crippen LogP contribution in [0.3, 0.4) is 0 Å². The Hall–Kier alpha value is -3.15. The van der Waals surface area contributed by atoms with Gasteiger partial charge >= 0.3 is 0 Å². The largest absolute Gasteiger partial charge is 0.493 e. The average Bonchev–Trinajstić information content (AvgIpc) is 2.75. The molecular weight excluding hydrogens is 380 g/mol. The first kappa shape index (κ1) is 23.1. The maximum atomic E-state index is 5.80. The van der Waals surface area contributed by atoms with Gasteiger partial charge in [-0.25, -0.2) is 0 Å². The van der Waals surface area contributed by atoms with Crippen LogP contribution in [0.5, 0.6) is 23.0 Å². The maximum absolute atomic E-state index is 5.80. The molecule has 3 aromatic rings. The quantitative estimate of drug-likeness (QED) is 0.513. The van der Waals surface area contributed by atoms with Crippen LogP contribution in [0.1, 0.15) is 32.4 Å². The van der Waals surface area contributed by atoms with E-state index in [0.717, 1.165) is 39.9 Å². The molecule has 1 heterocycles. The summed E-state index contributed by atoms with van der Waals surface area (Å²) in [6.45, 7) is 5.47. The van der Waals surface area contributed by atoms with E-state index in [1.807, 2.05) is 37.5 Å². The number of pyridine rings is 1. The second-order valence-electron chi connectivity index (χ2n) is 6.51. The van der Waals surface area contributed by atoms with Crippen molar-refractivity contribution in [3.8, 4) is 23.0 Å². The number of anilines is 1. The summed E-state index contributed by atoms with van der Waals surface area (Å²) < 4.78 is 22.2. The molecule has 0 aliphatic rings. The fourth-order valence-corrected chi connectivity index (χ4v) is 3.52. The van der Waals surface area contributed by atoms with E-state index in [1.165, 1.54) is 0 Å². The van der Waals surface area contributed by atoms with Crippen molar-refractivity contribution < 1.29 is 18.9 Å². The summed E-state index contributed by atoms with van der Waals surface area (Å²) in [4.78, 5) is 4.49. The number of benzene rings is 2. The third kappa shape index (κ3) is 4.53. The Morgan fingerprint density at radius 1 is 0.867 bits per heavy atom. The first-order chi connectivity index (χ1) is 14.2. The van der Waals surface area contributed by atoms with E-state index in [-0.39, 0.29) is 7.43 Å². The lowest BCUT2D eigenvalue weighted by atomic mass is 9.99. The molecule has 0 amide bonds. The van der Waals surface area contributed by atoms with Crippen LogP contribution in [-0.4, -0.2) is 39.5 Å². The van der Waals surface area contributed by atoms with E-state index in [1.54, 1.807) is 21.3 Å². The van der Waals surface area contributed by atoms with Crippen molar-refractivity contribution in [2.75, 3.05) is 39.8 Å². The first-order valence-corrected chi connectivity index (χ1v) is 9.71. The van der Waals surface area contributed by atoms with Gasteiger partial charge in [0.15, 0.2) is 11.5 Å². The SMILES string of the molecule is C.CCNc1c(OCC)ccc2c(Cc3cc(OC)c(OC)c(OC)c3)cncc12. The first-order valence-electron chi connectivity index (χ1n) is 9.71. The lowest BCUT2D eigenvalue weighted by Crippen LogP contribution is -2.03. The van der Waals surface area contributed by atoms with E-state index in [4.69, 9.17) is 18.9 Å². The van der Waals surface area contributed by atoms with Crippen LogP contribution in [-0.2, 0) is 6.42 Å². The molecule has 1 N–H and O–H groups in total. The summed E-state index contributed by atoms with van der Waals surface area (Å²) in [5, 5.41) is 5.60. The van der Waals surface area contributed by atoms with Crippen LogP contribution < -0.4 is 24.3 Å². The van der Waals surface area contributed by atoms with Gasteiger partial charge in [-0.2, -0.15) is 0 Å². The molecule has 0 aliphatic heterocycles. The second kappa shape index (κ2) is 10.6. The highest BCUT2D eigenvalue weighted by molar-refractivity contribution is 5.98. The molecule has 0 spiro atoms. The minimum atomic E-state index is 0. The summed E-state index contributed by atoms with van der Waals surface area (Å²) >= 11 is 0. The summed E-state index contributed by atoms with van der Waals surface area (Å²) in [6.07, 6.45) is 4.47. The predicted octanol–water partition coefficient (Wildman–Crippen LogP) is 5.32. The summed E-state index contributed by atoms with van der Waals surface area (Å²) in [6, 6.07) is 8.05. The molecule has 0 radical (unpaired) electrons. The number of methoxy groups -OCH3 is 3. The number of ether oxygens (including phenoxy) is 4. The van der Waals surface area contributed by atoms with Crippen molar-refractivity contribution in [3.63, 3.8) is 0 Å². The zero-order chi connectivity index (χ0) is 20.8. The lowest BCUT2D eigenvalue weighted by Gasteiger charge is -2.17. The molecule has 162 valence electrons. The van der Waals surface area contributed by atoms with Crippen molar-refractivity contribution in [2.24, 2.45) is 0 Å². The zero-order valence-electron chi connectivity index (χ0n) is 17.7. The fraction of sp³-hybridized carbons (Fsp3) is 0.375. The number of fused-ring (bicyclic) bond motifs is 1. The molecule has 3 rings (SSSR count). The molecular formula is C24H32N2O4. The Kier molecular flexibility index (Phi) is 8.16. The second-order valence-corrected chi connectivity index (χ2v) is 6.51. The van der Waals surface area contributed by atoms with E-state index in [9.17, 15) is 0 Å². The Morgan fingerprint density at radius 3 is 2.13 bits per heavy atom. The zero-order valence-corrected chi connectivity index (χ0v) is 17.7. The van der Waals surface area contributed by atoms with Crippen molar-refractivity contribution in [1.29, 1.82) is 0 Å². The van der Waals surface area contributed by atoms with Crippen LogP contribution in [0.2, 0.25) is 0 Å². The number of hydrogen-bond donors (Lipinski definition) is 1. The van der Waals surface area contributed by atoms with Crippen molar-refractivity contribution in [3.05, 3.63) is 47.8 Å². The molecule has 0 saturated carbocycles. The van der Waals surface area contributed by atoms with Crippen LogP contribution in [0.25, 0.3) is 10.8 Å². The van der Waals surface area contributed by atoms with E-state index < -0.39 is 0 Å². The topological polar surface area (TPSA) is 61.8 Å². The molecule has 6 heteroatoms. The van der Waals surface area contributed by atoms with Crippen LogP contribution in [0.4, 0.5) is 5.69 Å². The van der Waals surface area contributed by atoms with E-state index in [2.05, 4.69) is 23.3 Å². The molecule has 0 saturated heterocycles. The van der Waals surface area contributed by atoms with Gasteiger partial charge in [-0.3, -0.25) is 4.98 Å². The molecule has 0 unspecified atom stereocenters. The van der Waals surface area contributed by atoms with Gasteiger partial charge in [-0.1, -0.05) is 13.5 Å². The highest BCUT2D eigenvalue weighted by Gasteiger charge is 2.16. The monoisotopic (exact) mass is 412 g/mol. The molecule has 30 heavy (non-hydrogen) atoms. The smallest absolute Gasteiger partial charge is 0.203 e. The standard InChI is InChI=1S/C23H28N2O4.CH4/c1-6-25-22-18-14-24-13-16(17(18)8-9-19(22)29-7-2)10-15-11-20(26-3)23(28-5)21(12-15)27-4;/h8-9,11-14,25H,6-7,10H2,1-5H3;1H4. The van der Waals surface area contributed by atoms with E-state index >= 15 is 0 Å². The highest BCUT2D eigenvalue weighted by atomic mass is 16.5. The Bertz CT molecular complexity index is 963.